The molecule has 3 aromatic carbocycles. The van der Waals surface area contributed by atoms with E-state index in [9.17, 15) is 19.5 Å². The van der Waals surface area contributed by atoms with Crippen LogP contribution < -0.4 is 19.7 Å². The van der Waals surface area contributed by atoms with Gasteiger partial charge in [-0.25, -0.2) is 4.79 Å². The summed E-state index contributed by atoms with van der Waals surface area (Å²) in [4.78, 5) is 38.5. The minimum Gasteiger partial charge on any atom is -0.490 e. The van der Waals surface area contributed by atoms with Crippen LogP contribution in [-0.2, 0) is 16.2 Å². The molecule has 0 saturated carbocycles. The summed E-state index contributed by atoms with van der Waals surface area (Å²) in [5.74, 6) is -2.07. The highest BCUT2D eigenvalue weighted by atomic mass is 35.5. The monoisotopic (exact) mass is 604 g/mol. The summed E-state index contributed by atoms with van der Waals surface area (Å²) < 4.78 is 11.6. The Morgan fingerprint density at radius 2 is 1.79 bits per heavy atom. The van der Waals surface area contributed by atoms with Crippen LogP contribution in [0, 0.1) is 0 Å². The lowest BCUT2D eigenvalue weighted by molar-refractivity contribution is -0.122. The highest BCUT2D eigenvalue weighted by molar-refractivity contribution is 7.80. The van der Waals surface area contributed by atoms with Gasteiger partial charge in [0, 0.05) is 0 Å². The predicted molar refractivity (Wildman–Crippen MR) is 153 cm³/mol. The van der Waals surface area contributed by atoms with Gasteiger partial charge in [-0.3, -0.25) is 19.8 Å². The van der Waals surface area contributed by atoms with Gasteiger partial charge in [0.1, 0.15) is 12.2 Å². The first-order valence-corrected chi connectivity index (χ1v) is 12.9. The molecule has 8 nitrogen and oxygen atoms in total. The maximum Gasteiger partial charge on any atom is 0.335 e. The fourth-order valence-corrected chi connectivity index (χ4v) is 4.57. The molecular formula is C27H19Cl3N2O6S. The number of carboxylic acid groups (broad SMARTS) is 1. The summed E-state index contributed by atoms with van der Waals surface area (Å²) in [5.41, 5.74) is 1.04. The Balaban J connectivity index is 1.66. The Morgan fingerprint density at radius 1 is 1.03 bits per heavy atom. The molecule has 0 atom stereocenters. The van der Waals surface area contributed by atoms with Gasteiger partial charge in [-0.1, -0.05) is 46.9 Å². The van der Waals surface area contributed by atoms with E-state index in [2.05, 4.69) is 5.32 Å². The fraction of sp³-hybridized carbons (Fsp3) is 0.111. The molecule has 2 N–H and O–H groups in total. The highest BCUT2D eigenvalue weighted by Gasteiger charge is 2.35. The zero-order valence-electron chi connectivity index (χ0n) is 20.2. The minimum absolute atomic E-state index is 0.0462. The van der Waals surface area contributed by atoms with Crippen molar-refractivity contribution in [2.45, 2.75) is 13.5 Å². The van der Waals surface area contributed by atoms with E-state index in [-0.39, 0.29) is 39.3 Å². The molecule has 0 bridgehead atoms. The third kappa shape index (κ3) is 6.34. The van der Waals surface area contributed by atoms with Crippen LogP contribution in [0.15, 0.2) is 60.2 Å². The molecule has 4 rings (SSSR count). The van der Waals surface area contributed by atoms with Crippen molar-refractivity contribution in [2.24, 2.45) is 0 Å². The first-order valence-electron chi connectivity index (χ1n) is 11.4. The third-order valence-corrected chi connectivity index (χ3v) is 6.77. The standard InChI is InChI=1S/C27H19Cl3N2O6S/c1-2-37-22-11-15(10-21(30)23(22)38-13-14-6-7-19(28)20(29)9-14)8-18-24(33)31-27(39)32(25(18)34)17-5-3-4-16(12-17)26(35)36/h3-12H,2,13H2,1H3,(H,35,36)(H,31,33,39). The van der Waals surface area contributed by atoms with Crippen molar-refractivity contribution in [3.8, 4) is 11.5 Å². The zero-order valence-corrected chi connectivity index (χ0v) is 23.2. The van der Waals surface area contributed by atoms with Gasteiger partial charge in [0.05, 0.1) is 32.9 Å². The number of amides is 2. The van der Waals surface area contributed by atoms with E-state index < -0.39 is 17.8 Å². The lowest BCUT2D eigenvalue weighted by Crippen LogP contribution is -2.54. The van der Waals surface area contributed by atoms with E-state index in [1.54, 1.807) is 31.2 Å². The first kappa shape index (κ1) is 28.4. The van der Waals surface area contributed by atoms with Gasteiger partial charge in [0.2, 0.25) is 0 Å². The van der Waals surface area contributed by atoms with E-state index >= 15 is 0 Å². The number of ether oxygens (including phenoxy) is 2. The number of aromatic carboxylic acids is 1. The smallest absolute Gasteiger partial charge is 0.335 e. The lowest BCUT2D eigenvalue weighted by atomic mass is 10.1. The lowest BCUT2D eigenvalue weighted by Gasteiger charge is -2.29. The van der Waals surface area contributed by atoms with Crippen LogP contribution in [0.25, 0.3) is 6.08 Å². The summed E-state index contributed by atoms with van der Waals surface area (Å²) in [6, 6.07) is 13.8. The number of anilines is 1. The summed E-state index contributed by atoms with van der Waals surface area (Å²) in [5, 5.41) is 12.6. The summed E-state index contributed by atoms with van der Waals surface area (Å²) in [7, 11) is 0. The molecule has 3 aromatic rings. The molecule has 1 heterocycles. The highest BCUT2D eigenvalue weighted by Crippen LogP contribution is 2.38. The van der Waals surface area contributed by atoms with Gasteiger partial charge >= 0.3 is 5.97 Å². The number of nitrogens with zero attached hydrogens (tertiary/aromatic N) is 1. The average Bonchev–Trinajstić information content (AvgIpc) is 2.88. The van der Waals surface area contributed by atoms with Crippen molar-refractivity contribution in [3.63, 3.8) is 0 Å². The number of carbonyl (C=O) groups is 3. The normalized spacial score (nSPS) is 14.4. The molecule has 0 spiro atoms. The van der Waals surface area contributed by atoms with Crippen LogP contribution in [0.5, 0.6) is 11.5 Å². The van der Waals surface area contributed by atoms with Gasteiger partial charge < -0.3 is 14.6 Å². The summed E-state index contributed by atoms with van der Waals surface area (Å²) in [6.07, 6.45) is 1.34. The Labute approximate surface area is 243 Å². The first-order chi connectivity index (χ1) is 18.6. The molecule has 1 aliphatic heterocycles. The number of thiocarbonyl (C=S) groups is 1. The number of benzene rings is 3. The molecule has 0 radical (unpaired) electrons. The maximum absolute atomic E-state index is 13.4. The van der Waals surface area contributed by atoms with Crippen molar-refractivity contribution in [2.75, 3.05) is 11.5 Å². The molecule has 0 aromatic heterocycles. The van der Waals surface area contributed by atoms with E-state index in [0.717, 1.165) is 10.5 Å². The average molecular weight is 606 g/mol. The molecule has 1 aliphatic rings. The second-order valence-corrected chi connectivity index (χ2v) is 9.72. The Bertz CT molecular complexity index is 1540. The molecule has 0 unspecified atom stereocenters. The van der Waals surface area contributed by atoms with E-state index in [4.69, 9.17) is 56.5 Å². The van der Waals surface area contributed by atoms with Crippen LogP contribution in [0.1, 0.15) is 28.4 Å². The summed E-state index contributed by atoms with van der Waals surface area (Å²) in [6.45, 7) is 2.20. The quantitative estimate of drug-likeness (QED) is 0.180. The number of nitrogens with one attached hydrogen (secondary N) is 1. The third-order valence-electron chi connectivity index (χ3n) is 5.46. The number of hydrogen-bond acceptors (Lipinski definition) is 6. The SMILES string of the molecule is CCOc1cc(C=C2C(=O)NC(=S)N(c3cccc(C(=O)O)c3)C2=O)cc(Cl)c1OCc1ccc(Cl)c(Cl)c1. The maximum atomic E-state index is 13.4. The largest absolute Gasteiger partial charge is 0.490 e. The van der Waals surface area contributed by atoms with Crippen LogP contribution in [0.2, 0.25) is 15.1 Å². The molecule has 200 valence electrons. The van der Waals surface area contributed by atoms with Crippen LogP contribution in [0.4, 0.5) is 5.69 Å². The van der Waals surface area contributed by atoms with Gasteiger partial charge in [-0.15, -0.1) is 0 Å². The van der Waals surface area contributed by atoms with E-state index in [1.807, 2.05) is 0 Å². The zero-order chi connectivity index (χ0) is 28.3. The van der Waals surface area contributed by atoms with E-state index in [0.29, 0.717) is 28.0 Å². The minimum atomic E-state index is -1.17. The molecule has 0 aliphatic carbocycles. The van der Waals surface area contributed by atoms with Crippen molar-refractivity contribution < 1.29 is 29.0 Å². The molecule has 12 heteroatoms. The van der Waals surface area contributed by atoms with E-state index in [1.165, 1.54) is 36.4 Å². The molecule has 1 saturated heterocycles. The number of halogens is 3. The van der Waals surface area contributed by atoms with Crippen molar-refractivity contribution in [1.82, 2.24) is 5.32 Å². The predicted octanol–water partition coefficient (Wildman–Crippen LogP) is 6.15. The topological polar surface area (TPSA) is 105 Å². The molecule has 2 amide bonds. The number of hydrogen-bond donors (Lipinski definition) is 2. The second-order valence-electron chi connectivity index (χ2n) is 8.11. The summed E-state index contributed by atoms with van der Waals surface area (Å²) >= 11 is 23.8. The Kier molecular flexibility index (Phi) is 8.76. The van der Waals surface area contributed by atoms with Crippen LogP contribution >= 0.6 is 47.0 Å². The molecule has 1 fully saturated rings. The van der Waals surface area contributed by atoms with Gasteiger partial charge in [-0.05, 0) is 78.8 Å². The van der Waals surface area contributed by atoms with Crippen LogP contribution in [0.3, 0.4) is 0 Å². The van der Waals surface area contributed by atoms with Gasteiger partial charge in [-0.2, -0.15) is 0 Å². The molecule has 39 heavy (non-hydrogen) atoms. The van der Waals surface area contributed by atoms with Gasteiger partial charge in [0.25, 0.3) is 11.8 Å². The number of carbonyl (C=O) groups excluding carboxylic acids is 2. The second kappa shape index (κ2) is 12.0. The Morgan fingerprint density at radius 3 is 2.49 bits per heavy atom. The van der Waals surface area contributed by atoms with Crippen molar-refractivity contribution >= 4 is 81.7 Å². The molecular weight excluding hydrogens is 587 g/mol. The van der Waals surface area contributed by atoms with Crippen LogP contribution in [-0.4, -0.2) is 34.6 Å². The number of rotatable bonds is 8. The fourth-order valence-electron chi connectivity index (χ4n) is 3.70. The van der Waals surface area contributed by atoms with Crippen molar-refractivity contribution in [3.05, 3.63) is 91.9 Å². The Hall–Kier alpha value is -3.63. The number of carboxylic acids is 1. The van der Waals surface area contributed by atoms with Crippen molar-refractivity contribution in [1.29, 1.82) is 0 Å². The van der Waals surface area contributed by atoms with Gasteiger partial charge in [0.15, 0.2) is 16.6 Å².